The van der Waals surface area contributed by atoms with Crippen LogP contribution in [0.25, 0.3) is 0 Å². The molecule has 0 aromatic carbocycles. The van der Waals surface area contributed by atoms with E-state index >= 15 is 0 Å². The van der Waals surface area contributed by atoms with Crippen molar-refractivity contribution in [3.05, 3.63) is 5.82 Å². The van der Waals surface area contributed by atoms with Crippen LogP contribution in [0, 0.1) is 0 Å². The van der Waals surface area contributed by atoms with Crippen molar-refractivity contribution in [1.29, 1.82) is 0 Å². The van der Waals surface area contributed by atoms with E-state index in [-0.39, 0.29) is 11.5 Å². The third-order valence-electron chi connectivity index (χ3n) is 1.67. The Balaban J connectivity index is 2.46. The van der Waals surface area contributed by atoms with Crippen LogP contribution in [0.15, 0.2) is 0 Å². The fraction of sp³-hybridized carbons (Fsp3) is 0.875. The van der Waals surface area contributed by atoms with Crippen LogP contribution >= 0.6 is 11.6 Å². The fourth-order valence-electron chi connectivity index (χ4n) is 1.03. The summed E-state index contributed by atoms with van der Waals surface area (Å²) in [7, 11) is 0. The van der Waals surface area contributed by atoms with Crippen LogP contribution < -0.4 is 0 Å². The van der Waals surface area contributed by atoms with Crippen molar-refractivity contribution in [3.8, 4) is 0 Å². The van der Waals surface area contributed by atoms with Crippen LogP contribution in [0.1, 0.15) is 32.0 Å². The number of halogens is 1. The highest BCUT2D eigenvalue weighted by atomic mass is 35.5. The Morgan fingerprint density at radius 3 is 2.71 bits per heavy atom. The van der Waals surface area contributed by atoms with Gasteiger partial charge in [0.05, 0.1) is 24.6 Å². The summed E-state index contributed by atoms with van der Waals surface area (Å²) in [5, 5.41) is 11.0. The molecule has 0 saturated carbocycles. The van der Waals surface area contributed by atoms with Gasteiger partial charge in [0, 0.05) is 0 Å². The molecular formula is C8H15ClN4O. The highest BCUT2D eigenvalue weighted by molar-refractivity contribution is 6.20. The van der Waals surface area contributed by atoms with Crippen LogP contribution in [0.4, 0.5) is 0 Å². The normalized spacial score (nSPS) is 13.5. The Morgan fingerprint density at radius 2 is 2.14 bits per heavy atom. The minimum absolute atomic E-state index is 0.177. The van der Waals surface area contributed by atoms with Gasteiger partial charge in [-0.2, -0.15) is 0 Å². The number of rotatable bonds is 5. The van der Waals surface area contributed by atoms with Crippen LogP contribution in [0.3, 0.4) is 0 Å². The second-order valence-electron chi connectivity index (χ2n) is 3.30. The van der Waals surface area contributed by atoms with Gasteiger partial charge >= 0.3 is 0 Å². The van der Waals surface area contributed by atoms with Gasteiger partial charge in [0.15, 0.2) is 5.82 Å². The summed E-state index contributed by atoms with van der Waals surface area (Å²) in [6, 6.07) is 0. The van der Waals surface area contributed by atoms with Gasteiger partial charge in [-0.25, -0.2) is 4.68 Å². The largest absolute Gasteiger partial charge is 0.377 e. The molecule has 0 aliphatic rings. The molecule has 0 saturated heterocycles. The van der Waals surface area contributed by atoms with E-state index in [0.29, 0.717) is 19.0 Å². The summed E-state index contributed by atoms with van der Waals surface area (Å²) >= 11 is 5.89. The van der Waals surface area contributed by atoms with E-state index in [4.69, 9.17) is 16.3 Å². The third-order valence-corrected chi connectivity index (χ3v) is 1.86. The molecule has 14 heavy (non-hydrogen) atoms. The zero-order valence-electron chi connectivity index (χ0n) is 8.64. The van der Waals surface area contributed by atoms with Gasteiger partial charge in [0.25, 0.3) is 0 Å². The number of tetrazole rings is 1. The van der Waals surface area contributed by atoms with Crippen LogP contribution in [0.2, 0.25) is 0 Å². The zero-order chi connectivity index (χ0) is 10.6. The number of alkyl halides is 1. The van der Waals surface area contributed by atoms with Crippen molar-refractivity contribution >= 4 is 11.6 Å². The lowest BCUT2D eigenvalue weighted by Crippen LogP contribution is -2.14. The van der Waals surface area contributed by atoms with Gasteiger partial charge in [-0.15, -0.1) is 16.7 Å². The summed E-state index contributed by atoms with van der Waals surface area (Å²) in [6.45, 7) is 7.05. The first-order valence-corrected chi connectivity index (χ1v) is 5.06. The molecule has 1 aromatic heterocycles. The molecule has 1 rings (SSSR count). The van der Waals surface area contributed by atoms with Gasteiger partial charge in [0.1, 0.15) is 0 Å². The molecule has 0 fully saturated rings. The van der Waals surface area contributed by atoms with Gasteiger partial charge < -0.3 is 4.74 Å². The first-order valence-electron chi connectivity index (χ1n) is 4.63. The van der Waals surface area contributed by atoms with Crippen molar-refractivity contribution in [3.63, 3.8) is 0 Å². The quantitative estimate of drug-likeness (QED) is 0.701. The number of aromatic nitrogens is 4. The van der Waals surface area contributed by atoms with E-state index in [9.17, 15) is 0 Å². The molecule has 1 unspecified atom stereocenters. The molecule has 80 valence electrons. The van der Waals surface area contributed by atoms with Gasteiger partial charge in [-0.1, -0.05) is 0 Å². The molecule has 0 spiro atoms. The van der Waals surface area contributed by atoms with Crippen LogP contribution in [0.5, 0.6) is 0 Å². The standard InChI is InChI=1S/C8H15ClN4O/c1-6(2)14-5-4-13-8(7(3)9)10-11-12-13/h6-7H,4-5H2,1-3H3. The summed E-state index contributed by atoms with van der Waals surface area (Å²) < 4.78 is 7.06. The molecule has 0 aliphatic heterocycles. The second-order valence-corrected chi connectivity index (χ2v) is 3.95. The molecule has 0 aliphatic carbocycles. The Labute approximate surface area is 88.4 Å². The van der Waals surface area contributed by atoms with Crippen LogP contribution in [-0.2, 0) is 11.3 Å². The summed E-state index contributed by atoms with van der Waals surface area (Å²) in [5.41, 5.74) is 0. The lowest BCUT2D eigenvalue weighted by molar-refractivity contribution is 0.0702. The number of hydrogen-bond acceptors (Lipinski definition) is 4. The second kappa shape index (κ2) is 5.26. The van der Waals surface area contributed by atoms with Crippen molar-refractivity contribution < 1.29 is 4.74 Å². The Hall–Kier alpha value is -0.680. The molecule has 0 radical (unpaired) electrons. The summed E-state index contributed by atoms with van der Waals surface area (Å²) in [4.78, 5) is 0. The number of nitrogens with zero attached hydrogens (tertiary/aromatic N) is 4. The van der Waals surface area contributed by atoms with Crippen molar-refractivity contribution in [2.24, 2.45) is 0 Å². The number of hydrogen-bond donors (Lipinski definition) is 0. The molecule has 1 heterocycles. The Kier molecular flexibility index (Phi) is 4.28. The smallest absolute Gasteiger partial charge is 0.168 e. The van der Waals surface area contributed by atoms with Gasteiger partial charge in [0.2, 0.25) is 0 Å². The molecule has 0 amide bonds. The van der Waals surface area contributed by atoms with Crippen molar-refractivity contribution in [1.82, 2.24) is 20.2 Å². The zero-order valence-corrected chi connectivity index (χ0v) is 9.40. The minimum atomic E-state index is -0.177. The van der Waals surface area contributed by atoms with E-state index in [1.54, 1.807) is 4.68 Å². The molecule has 5 nitrogen and oxygen atoms in total. The molecule has 0 N–H and O–H groups in total. The van der Waals surface area contributed by atoms with Gasteiger partial charge in [-0.3, -0.25) is 0 Å². The maximum Gasteiger partial charge on any atom is 0.168 e. The molecule has 6 heteroatoms. The Morgan fingerprint density at radius 1 is 1.43 bits per heavy atom. The SMILES string of the molecule is CC(C)OCCn1nnnc1C(C)Cl. The van der Waals surface area contributed by atoms with Crippen molar-refractivity contribution in [2.45, 2.75) is 38.8 Å². The predicted molar refractivity (Wildman–Crippen MR) is 53.2 cm³/mol. The maximum absolute atomic E-state index is 5.89. The van der Waals surface area contributed by atoms with E-state index in [2.05, 4.69) is 15.5 Å². The average molecular weight is 219 g/mol. The average Bonchev–Trinajstić information content (AvgIpc) is 2.51. The van der Waals surface area contributed by atoms with Gasteiger partial charge in [-0.05, 0) is 31.2 Å². The third kappa shape index (κ3) is 3.23. The highest BCUT2D eigenvalue weighted by Crippen LogP contribution is 2.14. The minimum Gasteiger partial charge on any atom is -0.377 e. The maximum atomic E-state index is 5.89. The molecule has 0 bridgehead atoms. The predicted octanol–water partition coefficient (Wildman–Crippen LogP) is 1.40. The lowest BCUT2D eigenvalue weighted by atomic mass is 10.4. The first kappa shape index (κ1) is 11.4. The topological polar surface area (TPSA) is 52.8 Å². The molecule has 1 aromatic rings. The molecule has 1 atom stereocenters. The molecular weight excluding hydrogens is 204 g/mol. The number of ether oxygens (including phenoxy) is 1. The lowest BCUT2D eigenvalue weighted by Gasteiger charge is -2.08. The van der Waals surface area contributed by atoms with E-state index < -0.39 is 0 Å². The monoisotopic (exact) mass is 218 g/mol. The Bertz CT molecular complexity index is 274. The fourth-order valence-corrected chi connectivity index (χ4v) is 1.19. The highest BCUT2D eigenvalue weighted by Gasteiger charge is 2.11. The first-order chi connectivity index (χ1) is 6.61. The van der Waals surface area contributed by atoms with E-state index in [1.807, 2.05) is 20.8 Å². The summed E-state index contributed by atoms with van der Waals surface area (Å²) in [5.74, 6) is 0.680. The van der Waals surface area contributed by atoms with E-state index in [0.717, 1.165) is 0 Å². The van der Waals surface area contributed by atoms with E-state index in [1.165, 1.54) is 0 Å². The van der Waals surface area contributed by atoms with Crippen LogP contribution in [-0.4, -0.2) is 32.9 Å². The van der Waals surface area contributed by atoms with Crippen molar-refractivity contribution in [2.75, 3.05) is 6.61 Å². The summed E-state index contributed by atoms with van der Waals surface area (Å²) in [6.07, 6.45) is 0.225.